The normalized spacial score (nSPS) is 12.2. The minimum absolute atomic E-state index is 0.0729. The van der Waals surface area contributed by atoms with Gasteiger partial charge in [-0.2, -0.15) is 0 Å². The van der Waals surface area contributed by atoms with Crippen LogP contribution in [0.25, 0.3) is 0 Å². The first kappa shape index (κ1) is 12.9. The quantitative estimate of drug-likeness (QED) is 0.624. The lowest BCUT2D eigenvalue weighted by Gasteiger charge is -2.12. The second kappa shape index (κ2) is 5.80. The van der Waals surface area contributed by atoms with Crippen molar-refractivity contribution in [3.63, 3.8) is 0 Å². The Balaban J connectivity index is 2.69. The molecule has 0 saturated heterocycles. The van der Waals surface area contributed by atoms with Crippen molar-refractivity contribution in [1.82, 2.24) is 5.32 Å². The Hall–Kier alpha value is -1.16. The van der Waals surface area contributed by atoms with Gasteiger partial charge in [0.25, 0.3) is 0 Å². The molecule has 0 saturated carbocycles. The number of nitrogens with one attached hydrogen (secondary N) is 1. The van der Waals surface area contributed by atoms with Gasteiger partial charge in [-0.25, -0.2) is 0 Å². The van der Waals surface area contributed by atoms with Crippen LogP contribution in [0.4, 0.5) is 5.69 Å². The van der Waals surface area contributed by atoms with Gasteiger partial charge in [0, 0.05) is 17.1 Å². The highest BCUT2D eigenvalue weighted by atomic mass is 32.2. The third-order valence-electron chi connectivity index (χ3n) is 2.22. The van der Waals surface area contributed by atoms with E-state index < -0.39 is 0 Å². The van der Waals surface area contributed by atoms with Crippen LogP contribution in [0, 0.1) is 6.92 Å². The highest BCUT2D eigenvalue weighted by Gasteiger charge is 2.14. The number of hydrogen-bond acceptors (Lipinski definition) is 3. The Labute approximate surface area is 101 Å². The first-order valence-electron chi connectivity index (χ1n) is 5.35. The maximum absolute atomic E-state index is 11.6. The van der Waals surface area contributed by atoms with E-state index in [1.807, 2.05) is 39.0 Å². The fraction of sp³-hybridized carbons (Fsp3) is 0.417. The van der Waals surface area contributed by atoms with E-state index in [1.54, 1.807) is 11.8 Å². The van der Waals surface area contributed by atoms with E-state index in [2.05, 4.69) is 5.32 Å². The molecular weight excluding hydrogens is 220 g/mol. The van der Waals surface area contributed by atoms with Gasteiger partial charge in [-0.15, -0.1) is 11.8 Å². The van der Waals surface area contributed by atoms with Crippen molar-refractivity contribution in [2.24, 2.45) is 0 Å². The average molecular weight is 238 g/mol. The maximum Gasteiger partial charge on any atom is 0.233 e. The van der Waals surface area contributed by atoms with Crippen LogP contribution in [0.3, 0.4) is 0 Å². The summed E-state index contributed by atoms with van der Waals surface area (Å²) in [5.41, 5.74) is 7.55. The van der Waals surface area contributed by atoms with Gasteiger partial charge < -0.3 is 11.1 Å². The molecule has 1 amide bonds. The average Bonchev–Trinajstić information content (AvgIpc) is 2.22. The molecule has 1 unspecified atom stereocenters. The summed E-state index contributed by atoms with van der Waals surface area (Å²) in [5.74, 6) is 0.0729. The minimum Gasteiger partial charge on any atom is -0.399 e. The van der Waals surface area contributed by atoms with E-state index in [9.17, 15) is 4.79 Å². The number of nitrogen functional groups attached to an aromatic ring is 1. The second-order valence-corrected chi connectivity index (χ2v) is 5.06. The van der Waals surface area contributed by atoms with Crippen LogP contribution in [0.5, 0.6) is 0 Å². The number of anilines is 1. The molecule has 0 fully saturated rings. The monoisotopic (exact) mass is 238 g/mol. The molecule has 0 spiro atoms. The van der Waals surface area contributed by atoms with Gasteiger partial charge >= 0.3 is 0 Å². The summed E-state index contributed by atoms with van der Waals surface area (Å²) in [7, 11) is 0. The molecular formula is C12H18N2OS. The Morgan fingerprint density at radius 3 is 2.81 bits per heavy atom. The molecule has 0 radical (unpaired) electrons. The molecule has 88 valence electrons. The second-order valence-electron chi connectivity index (χ2n) is 3.68. The summed E-state index contributed by atoms with van der Waals surface area (Å²) in [5, 5.41) is 2.73. The molecule has 0 aliphatic rings. The summed E-state index contributed by atoms with van der Waals surface area (Å²) in [6, 6.07) is 5.75. The summed E-state index contributed by atoms with van der Waals surface area (Å²) in [4.78, 5) is 12.7. The van der Waals surface area contributed by atoms with Crippen molar-refractivity contribution >= 4 is 23.4 Å². The largest absolute Gasteiger partial charge is 0.399 e. The van der Waals surface area contributed by atoms with Crippen LogP contribution >= 0.6 is 11.8 Å². The van der Waals surface area contributed by atoms with Gasteiger partial charge in [0.05, 0.1) is 5.25 Å². The van der Waals surface area contributed by atoms with Gasteiger partial charge in [-0.1, -0.05) is 0 Å². The van der Waals surface area contributed by atoms with Crippen LogP contribution in [0.15, 0.2) is 23.1 Å². The number of thioether (sulfide) groups is 1. The molecule has 1 atom stereocenters. The number of aryl methyl sites for hydroxylation is 1. The fourth-order valence-electron chi connectivity index (χ4n) is 1.37. The summed E-state index contributed by atoms with van der Waals surface area (Å²) in [6.45, 7) is 6.50. The molecule has 1 rings (SSSR count). The Bertz CT molecular complexity index is 379. The highest BCUT2D eigenvalue weighted by Crippen LogP contribution is 2.27. The summed E-state index contributed by atoms with van der Waals surface area (Å²) < 4.78 is 0. The van der Waals surface area contributed by atoms with E-state index in [0.29, 0.717) is 6.54 Å². The van der Waals surface area contributed by atoms with Crippen LogP contribution in [-0.4, -0.2) is 17.7 Å². The van der Waals surface area contributed by atoms with Crippen LogP contribution < -0.4 is 11.1 Å². The molecule has 16 heavy (non-hydrogen) atoms. The molecule has 1 aromatic carbocycles. The Kier molecular flexibility index (Phi) is 4.68. The number of rotatable bonds is 4. The van der Waals surface area contributed by atoms with Gasteiger partial charge in [-0.3, -0.25) is 4.79 Å². The van der Waals surface area contributed by atoms with Crippen LogP contribution in [-0.2, 0) is 4.79 Å². The lowest BCUT2D eigenvalue weighted by molar-refractivity contribution is -0.120. The van der Waals surface area contributed by atoms with E-state index >= 15 is 0 Å². The topological polar surface area (TPSA) is 55.1 Å². The predicted octanol–water partition coefficient (Wildman–Crippen LogP) is 2.19. The highest BCUT2D eigenvalue weighted by molar-refractivity contribution is 8.00. The molecule has 0 aliphatic carbocycles. The summed E-state index contributed by atoms with van der Waals surface area (Å²) in [6.07, 6.45) is 0. The maximum atomic E-state index is 11.6. The van der Waals surface area contributed by atoms with Gasteiger partial charge in [-0.05, 0) is 44.5 Å². The summed E-state index contributed by atoms with van der Waals surface area (Å²) >= 11 is 1.56. The van der Waals surface area contributed by atoms with Crippen molar-refractivity contribution in [3.8, 4) is 0 Å². The van der Waals surface area contributed by atoms with E-state index in [0.717, 1.165) is 16.1 Å². The number of nitrogens with two attached hydrogens (primary N) is 1. The van der Waals surface area contributed by atoms with Crippen molar-refractivity contribution < 1.29 is 4.79 Å². The standard InChI is InChI=1S/C12H18N2OS/c1-4-14-12(15)9(3)16-11-6-5-10(13)7-8(11)2/h5-7,9H,4,13H2,1-3H3,(H,14,15). The smallest absolute Gasteiger partial charge is 0.233 e. The number of hydrogen-bond donors (Lipinski definition) is 2. The first-order chi connectivity index (χ1) is 7.54. The Morgan fingerprint density at radius 2 is 2.25 bits per heavy atom. The molecule has 1 aromatic rings. The Morgan fingerprint density at radius 1 is 1.56 bits per heavy atom. The van der Waals surface area contributed by atoms with Crippen LogP contribution in [0.1, 0.15) is 19.4 Å². The molecule has 3 N–H and O–H groups in total. The van der Waals surface area contributed by atoms with Gasteiger partial charge in [0.2, 0.25) is 5.91 Å². The molecule has 0 aromatic heterocycles. The lowest BCUT2D eigenvalue weighted by atomic mass is 10.2. The zero-order valence-electron chi connectivity index (χ0n) is 9.91. The van der Waals surface area contributed by atoms with Crippen molar-refractivity contribution in [2.45, 2.75) is 30.9 Å². The van der Waals surface area contributed by atoms with Crippen molar-refractivity contribution in [1.29, 1.82) is 0 Å². The van der Waals surface area contributed by atoms with Crippen molar-refractivity contribution in [2.75, 3.05) is 12.3 Å². The van der Waals surface area contributed by atoms with Crippen molar-refractivity contribution in [3.05, 3.63) is 23.8 Å². The molecule has 0 heterocycles. The predicted molar refractivity (Wildman–Crippen MR) is 69.6 cm³/mol. The molecule has 0 aliphatic heterocycles. The van der Waals surface area contributed by atoms with E-state index in [-0.39, 0.29) is 11.2 Å². The number of amides is 1. The molecule has 0 bridgehead atoms. The zero-order chi connectivity index (χ0) is 12.1. The number of carbonyl (C=O) groups excluding carboxylic acids is 1. The van der Waals surface area contributed by atoms with E-state index in [4.69, 9.17) is 5.73 Å². The lowest BCUT2D eigenvalue weighted by Crippen LogP contribution is -2.30. The zero-order valence-corrected chi connectivity index (χ0v) is 10.7. The first-order valence-corrected chi connectivity index (χ1v) is 6.23. The molecule has 4 heteroatoms. The van der Waals surface area contributed by atoms with Gasteiger partial charge in [0.15, 0.2) is 0 Å². The number of benzene rings is 1. The number of carbonyl (C=O) groups is 1. The van der Waals surface area contributed by atoms with Gasteiger partial charge in [0.1, 0.15) is 0 Å². The third-order valence-corrected chi connectivity index (χ3v) is 3.50. The SMILES string of the molecule is CCNC(=O)C(C)Sc1ccc(N)cc1C. The third kappa shape index (κ3) is 3.45. The minimum atomic E-state index is -0.0812. The van der Waals surface area contributed by atoms with E-state index in [1.165, 1.54) is 0 Å². The fourth-order valence-corrected chi connectivity index (χ4v) is 2.33. The van der Waals surface area contributed by atoms with Crippen LogP contribution in [0.2, 0.25) is 0 Å². The molecule has 3 nitrogen and oxygen atoms in total.